The average Bonchev–Trinajstić information content (AvgIpc) is 2.23. The van der Waals surface area contributed by atoms with E-state index in [0.29, 0.717) is 0 Å². The Labute approximate surface area is 93.5 Å². The van der Waals surface area contributed by atoms with E-state index in [1.807, 2.05) is 0 Å². The van der Waals surface area contributed by atoms with E-state index >= 15 is 0 Å². The Morgan fingerprint density at radius 3 is 2.27 bits per heavy atom. The third-order valence-corrected chi connectivity index (χ3v) is 3.73. The van der Waals surface area contributed by atoms with Crippen LogP contribution in [0.15, 0.2) is 11.4 Å². The summed E-state index contributed by atoms with van der Waals surface area (Å²) < 4.78 is 0. The van der Waals surface area contributed by atoms with Crippen molar-refractivity contribution in [2.75, 3.05) is 6.54 Å². The summed E-state index contributed by atoms with van der Waals surface area (Å²) in [7, 11) is 0. The molecule has 88 valence electrons. The van der Waals surface area contributed by atoms with Crippen LogP contribution in [0.1, 0.15) is 46.5 Å². The minimum atomic E-state index is 0.776. The van der Waals surface area contributed by atoms with Crippen LogP contribution in [0.4, 0.5) is 0 Å². The van der Waals surface area contributed by atoms with Crippen molar-refractivity contribution in [2.45, 2.75) is 46.5 Å². The molecule has 0 aromatic carbocycles. The van der Waals surface area contributed by atoms with Crippen molar-refractivity contribution in [1.82, 2.24) is 5.01 Å². The summed E-state index contributed by atoms with van der Waals surface area (Å²) in [5.74, 6) is 7.49. The predicted molar refractivity (Wildman–Crippen MR) is 64.6 cm³/mol. The summed E-state index contributed by atoms with van der Waals surface area (Å²) in [6, 6.07) is 0. The predicted octanol–water partition coefficient (Wildman–Crippen LogP) is 2.20. The zero-order valence-electron chi connectivity index (χ0n) is 10.3. The molecule has 0 amide bonds. The molecule has 0 aliphatic heterocycles. The topological polar surface area (TPSA) is 55.3 Å². The fraction of sp³-hybridized carbons (Fsp3) is 0.833. The van der Waals surface area contributed by atoms with Gasteiger partial charge in [-0.05, 0) is 44.4 Å². The van der Waals surface area contributed by atoms with Gasteiger partial charge in [0.05, 0.1) is 0 Å². The van der Waals surface area contributed by atoms with Crippen molar-refractivity contribution in [3.8, 4) is 0 Å². The van der Waals surface area contributed by atoms with E-state index in [2.05, 4.69) is 20.8 Å². The molecule has 1 rings (SSSR count). The van der Waals surface area contributed by atoms with Gasteiger partial charge in [0.1, 0.15) is 0 Å². The first-order chi connectivity index (χ1) is 7.06. The first-order valence-corrected chi connectivity index (χ1v) is 6.06. The van der Waals surface area contributed by atoms with Gasteiger partial charge in [-0.25, -0.2) is 5.84 Å². The average molecular weight is 211 g/mol. The summed E-state index contributed by atoms with van der Waals surface area (Å²) in [6.45, 7) is 7.55. The normalized spacial score (nSPS) is 33.3. The maximum atomic E-state index is 6.09. The summed E-state index contributed by atoms with van der Waals surface area (Å²) in [5, 5.41) is 1.80. The number of nitrogens with zero attached hydrogens (tertiary/aromatic N) is 1. The molecule has 0 radical (unpaired) electrons. The molecular weight excluding hydrogens is 186 g/mol. The molecule has 3 nitrogen and oxygen atoms in total. The van der Waals surface area contributed by atoms with E-state index in [0.717, 1.165) is 42.6 Å². The fourth-order valence-corrected chi connectivity index (χ4v) is 2.14. The zero-order chi connectivity index (χ0) is 11.4. The van der Waals surface area contributed by atoms with E-state index in [9.17, 15) is 0 Å². The molecule has 0 aromatic heterocycles. The molecule has 0 aromatic rings. The monoisotopic (exact) mass is 211 g/mol. The van der Waals surface area contributed by atoms with Gasteiger partial charge in [-0.1, -0.05) is 13.8 Å². The van der Waals surface area contributed by atoms with Crippen LogP contribution in [0.2, 0.25) is 0 Å². The van der Waals surface area contributed by atoms with E-state index in [1.54, 1.807) is 5.01 Å². The van der Waals surface area contributed by atoms with Crippen LogP contribution < -0.4 is 11.6 Å². The van der Waals surface area contributed by atoms with E-state index < -0.39 is 0 Å². The number of hydrazine groups is 1. The van der Waals surface area contributed by atoms with Crippen LogP contribution in [0.5, 0.6) is 0 Å². The Morgan fingerprint density at radius 2 is 1.73 bits per heavy atom. The van der Waals surface area contributed by atoms with Crippen molar-refractivity contribution >= 4 is 0 Å². The molecule has 0 spiro atoms. The number of rotatable bonds is 2. The Morgan fingerprint density at radius 1 is 1.20 bits per heavy atom. The molecule has 0 fully saturated rings. The van der Waals surface area contributed by atoms with Gasteiger partial charge in [-0.15, -0.1) is 0 Å². The van der Waals surface area contributed by atoms with Crippen molar-refractivity contribution in [1.29, 1.82) is 0 Å². The first kappa shape index (κ1) is 12.4. The molecule has 0 bridgehead atoms. The first-order valence-electron chi connectivity index (χ1n) is 6.06. The lowest BCUT2D eigenvalue weighted by Crippen LogP contribution is -2.33. The van der Waals surface area contributed by atoms with E-state index in [-0.39, 0.29) is 0 Å². The van der Waals surface area contributed by atoms with Crippen LogP contribution >= 0.6 is 0 Å². The summed E-state index contributed by atoms with van der Waals surface area (Å²) in [6.07, 6.45) is 4.41. The highest BCUT2D eigenvalue weighted by Gasteiger charge is 2.19. The van der Waals surface area contributed by atoms with Crippen molar-refractivity contribution in [3.63, 3.8) is 0 Å². The SMILES string of the molecule is CCN(N)/C1=C(\N)CCC(C)C(C)CC1. The van der Waals surface area contributed by atoms with Crippen LogP contribution in [0.25, 0.3) is 0 Å². The minimum absolute atomic E-state index is 0.776. The van der Waals surface area contributed by atoms with Crippen LogP contribution in [0, 0.1) is 11.8 Å². The second-order valence-electron chi connectivity index (χ2n) is 4.79. The van der Waals surface area contributed by atoms with Gasteiger partial charge in [0.15, 0.2) is 0 Å². The highest BCUT2D eigenvalue weighted by atomic mass is 15.4. The molecular formula is C12H25N3. The Kier molecular flexibility index (Phi) is 4.45. The third-order valence-electron chi connectivity index (χ3n) is 3.73. The Hall–Kier alpha value is -0.700. The lowest BCUT2D eigenvalue weighted by Gasteiger charge is -2.29. The van der Waals surface area contributed by atoms with Crippen molar-refractivity contribution in [2.24, 2.45) is 23.4 Å². The smallest absolute Gasteiger partial charge is 0.0478 e. The van der Waals surface area contributed by atoms with Crippen molar-refractivity contribution < 1.29 is 0 Å². The van der Waals surface area contributed by atoms with Gasteiger partial charge in [-0.3, -0.25) is 0 Å². The van der Waals surface area contributed by atoms with Gasteiger partial charge in [0, 0.05) is 17.9 Å². The number of hydrogen-bond acceptors (Lipinski definition) is 3. The second kappa shape index (κ2) is 5.40. The molecule has 3 heteroatoms. The van der Waals surface area contributed by atoms with Gasteiger partial charge in [0.25, 0.3) is 0 Å². The van der Waals surface area contributed by atoms with Gasteiger partial charge in [-0.2, -0.15) is 0 Å². The van der Waals surface area contributed by atoms with Gasteiger partial charge < -0.3 is 10.7 Å². The molecule has 2 unspecified atom stereocenters. The molecule has 1 aliphatic carbocycles. The largest absolute Gasteiger partial charge is 0.401 e. The zero-order valence-corrected chi connectivity index (χ0v) is 10.3. The highest BCUT2D eigenvalue weighted by molar-refractivity contribution is 5.10. The quantitative estimate of drug-likeness (QED) is 0.544. The lowest BCUT2D eigenvalue weighted by molar-refractivity contribution is 0.294. The number of allylic oxidation sites excluding steroid dienone is 2. The van der Waals surface area contributed by atoms with E-state index in [1.165, 1.54) is 12.8 Å². The Bertz CT molecular complexity index is 235. The van der Waals surface area contributed by atoms with Crippen molar-refractivity contribution in [3.05, 3.63) is 11.4 Å². The summed E-state index contributed by atoms with van der Waals surface area (Å²) in [5.41, 5.74) is 8.25. The number of nitrogens with two attached hydrogens (primary N) is 2. The summed E-state index contributed by atoms with van der Waals surface area (Å²) in [4.78, 5) is 0. The minimum Gasteiger partial charge on any atom is -0.401 e. The lowest BCUT2D eigenvalue weighted by atomic mass is 9.84. The molecule has 1 aliphatic rings. The van der Waals surface area contributed by atoms with Crippen LogP contribution in [-0.4, -0.2) is 11.6 Å². The van der Waals surface area contributed by atoms with Gasteiger partial charge in [0.2, 0.25) is 0 Å². The summed E-state index contributed by atoms with van der Waals surface area (Å²) >= 11 is 0. The molecule has 4 N–H and O–H groups in total. The second-order valence-corrected chi connectivity index (χ2v) is 4.79. The molecule has 0 saturated carbocycles. The van der Waals surface area contributed by atoms with Gasteiger partial charge >= 0.3 is 0 Å². The standard InChI is InChI=1S/C12H25N3/c1-4-15(14)12-8-6-10(3)9(2)5-7-11(12)13/h9-10H,4-8,13-14H2,1-3H3/b12-11-. The third kappa shape index (κ3) is 3.13. The highest BCUT2D eigenvalue weighted by Crippen LogP contribution is 2.29. The maximum Gasteiger partial charge on any atom is 0.0478 e. The molecule has 0 heterocycles. The Balaban J connectivity index is 2.75. The molecule has 15 heavy (non-hydrogen) atoms. The van der Waals surface area contributed by atoms with E-state index in [4.69, 9.17) is 11.6 Å². The maximum absolute atomic E-state index is 6.09. The molecule has 0 saturated heterocycles. The number of hydrogen-bond donors (Lipinski definition) is 2. The van der Waals surface area contributed by atoms with Crippen LogP contribution in [0.3, 0.4) is 0 Å². The molecule has 2 atom stereocenters. The fourth-order valence-electron chi connectivity index (χ4n) is 2.14. The van der Waals surface area contributed by atoms with Crippen LogP contribution in [-0.2, 0) is 0 Å².